The minimum Gasteiger partial charge on any atom is -0.352 e. The molecule has 2 aromatic carbocycles. The van der Waals surface area contributed by atoms with Gasteiger partial charge in [0, 0.05) is 6.54 Å². The van der Waals surface area contributed by atoms with E-state index >= 15 is 0 Å². The summed E-state index contributed by atoms with van der Waals surface area (Å²) in [4.78, 5) is 40.9. The van der Waals surface area contributed by atoms with E-state index < -0.39 is 6.03 Å². The molecule has 4 N–H and O–H groups in total. The second-order valence-electron chi connectivity index (χ2n) is 8.72. The van der Waals surface area contributed by atoms with Gasteiger partial charge in [-0.15, -0.1) is 0 Å². The van der Waals surface area contributed by atoms with Crippen molar-refractivity contribution in [2.75, 3.05) is 36.4 Å². The van der Waals surface area contributed by atoms with Gasteiger partial charge in [-0.3, -0.25) is 19.4 Å². The highest BCUT2D eigenvalue weighted by Crippen LogP contribution is 2.38. The van der Waals surface area contributed by atoms with E-state index in [-0.39, 0.29) is 11.8 Å². The molecule has 4 rings (SSSR count). The van der Waals surface area contributed by atoms with Crippen LogP contribution in [-0.2, 0) is 4.79 Å². The van der Waals surface area contributed by atoms with Crippen molar-refractivity contribution in [3.8, 4) is 0 Å². The van der Waals surface area contributed by atoms with E-state index in [0.717, 1.165) is 45.2 Å². The summed E-state index contributed by atoms with van der Waals surface area (Å²) in [7, 11) is 0. The molecule has 2 heterocycles. The molecule has 33 heavy (non-hydrogen) atoms. The highest BCUT2D eigenvalue weighted by atomic mass is 16.2. The minimum atomic E-state index is -0.470. The standard InChI is InChI=1S/C25H31N5O3/c26-25(33)27-14-6-5-7-18-12-15-29(16-13-18)17-23(31)30-21-10-3-1-8-19(21)24(32)28-20-9-2-4-11-22(20)30/h1-4,8-11,18H,5-7,12-17H2,(H,28,32)(H3,26,27,33). The zero-order valence-corrected chi connectivity index (χ0v) is 18.8. The number of hydrogen-bond donors (Lipinski definition) is 3. The normalized spacial score (nSPS) is 16.4. The molecule has 0 spiro atoms. The largest absolute Gasteiger partial charge is 0.352 e. The number of anilines is 3. The molecule has 0 radical (unpaired) electrons. The van der Waals surface area contributed by atoms with Crippen LogP contribution in [0.4, 0.5) is 21.9 Å². The first-order valence-corrected chi connectivity index (χ1v) is 11.6. The number of likely N-dealkylation sites (tertiary alicyclic amines) is 1. The van der Waals surface area contributed by atoms with Crippen LogP contribution >= 0.6 is 0 Å². The van der Waals surface area contributed by atoms with Crippen LogP contribution in [0.15, 0.2) is 48.5 Å². The van der Waals surface area contributed by atoms with Crippen LogP contribution in [0.3, 0.4) is 0 Å². The fraction of sp³-hybridized carbons (Fsp3) is 0.400. The Morgan fingerprint density at radius 1 is 1.00 bits per heavy atom. The van der Waals surface area contributed by atoms with Crippen molar-refractivity contribution in [1.29, 1.82) is 0 Å². The molecule has 2 aliphatic rings. The molecule has 0 bridgehead atoms. The average Bonchev–Trinajstić information content (AvgIpc) is 2.93. The maximum atomic E-state index is 13.5. The number of nitrogens with one attached hydrogen (secondary N) is 2. The number of nitrogens with two attached hydrogens (primary N) is 1. The quantitative estimate of drug-likeness (QED) is 0.563. The molecular weight excluding hydrogens is 418 g/mol. The lowest BCUT2D eigenvalue weighted by Crippen LogP contribution is -2.42. The van der Waals surface area contributed by atoms with E-state index in [2.05, 4.69) is 15.5 Å². The molecule has 8 heteroatoms. The van der Waals surface area contributed by atoms with Crippen molar-refractivity contribution in [2.45, 2.75) is 32.1 Å². The van der Waals surface area contributed by atoms with Crippen molar-refractivity contribution in [1.82, 2.24) is 10.2 Å². The van der Waals surface area contributed by atoms with E-state index in [1.165, 1.54) is 0 Å². The minimum absolute atomic E-state index is 0.0395. The highest BCUT2D eigenvalue weighted by molar-refractivity contribution is 6.17. The van der Waals surface area contributed by atoms with Gasteiger partial charge in [-0.25, -0.2) is 4.79 Å². The van der Waals surface area contributed by atoms with Crippen LogP contribution in [0.1, 0.15) is 42.5 Å². The average molecular weight is 450 g/mol. The molecule has 4 amide bonds. The van der Waals surface area contributed by atoms with Gasteiger partial charge in [0.05, 0.1) is 29.2 Å². The second-order valence-corrected chi connectivity index (χ2v) is 8.72. The Bertz CT molecular complexity index is 1020. The van der Waals surface area contributed by atoms with E-state index in [9.17, 15) is 14.4 Å². The molecule has 0 aromatic heterocycles. The number of urea groups is 1. The van der Waals surface area contributed by atoms with Gasteiger partial charge in [0.25, 0.3) is 5.91 Å². The number of benzene rings is 2. The molecule has 8 nitrogen and oxygen atoms in total. The monoisotopic (exact) mass is 449 g/mol. The number of piperidine rings is 1. The van der Waals surface area contributed by atoms with Crippen LogP contribution in [0.2, 0.25) is 0 Å². The molecule has 1 fully saturated rings. The number of rotatable bonds is 7. The predicted molar refractivity (Wildman–Crippen MR) is 129 cm³/mol. The third-order valence-electron chi connectivity index (χ3n) is 6.44. The van der Waals surface area contributed by atoms with Crippen molar-refractivity contribution < 1.29 is 14.4 Å². The first-order valence-electron chi connectivity index (χ1n) is 11.6. The summed E-state index contributed by atoms with van der Waals surface area (Å²) in [5.74, 6) is 0.397. The van der Waals surface area contributed by atoms with Gasteiger partial charge in [0.1, 0.15) is 0 Å². The fourth-order valence-corrected chi connectivity index (χ4v) is 4.69. The second kappa shape index (κ2) is 10.5. The first kappa shape index (κ1) is 22.8. The van der Waals surface area contributed by atoms with Gasteiger partial charge in [-0.1, -0.05) is 37.1 Å². The Morgan fingerprint density at radius 2 is 1.70 bits per heavy atom. The van der Waals surface area contributed by atoms with E-state index in [0.29, 0.717) is 41.6 Å². The van der Waals surface area contributed by atoms with Gasteiger partial charge in [0.15, 0.2) is 0 Å². The lowest BCUT2D eigenvalue weighted by molar-refractivity contribution is -0.119. The highest BCUT2D eigenvalue weighted by Gasteiger charge is 2.30. The predicted octanol–water partition coefficient (Wildman–Crippen LogP) is 3.47. The summed E-state index contributed by atoms with van der Waals surface area (Å²) >= 11 is 0. The van der Waals surface area contributed by atoms with Crippen LogP contribution in [0.5, 0.6) is 0 Å². The molecule has 2 aliphatic heterocycles. The Hall–Kier alpha value is -3.39. The number of unbranched alkanes of at least 4 members (excludes halogenated alkanes) is 1. The van der Waals surface area contributed by atoms with Gasteiger partial charge in [0.2, 0.25) is 5.91 Å². The smallest absolute Gasteiger partial charge is 0.312 e. The summed E-state index contributed by atoms with van der Waals surface area (Å²) in [5, 5.41) is 5.56. The molecular formula is C25H31N5O3. The van der Waals surface area contributed by atoms with Crippen molar-refractivity contribution in [2.24, 2.45) is 11.7 Å². The molecule has 2 aromatic rings. The molecule has 0 atom stereocenters. The van der Waals surface area contributed by atoms with Gasteiger partial charge >= 0.3 is 6.03 Å². The number of para-hydroxylation sites is 3. The topological polar surface area (TPSA) is 108 Å². The molecule has 0 saturated carbocycles. The summed E-state index contributed by atoms with van der Waals surface area (Å²) in [5.41, 5.74) is 7.53. The molecule has 0 aliphatic carbocycles. The van der Waals surface area contributed by atoms with Gasteiger partial charge < -0.3 is 16.4 Å². The molecule has 174 valence electrons. The maximum Gasteiger partial charge on any atom is 0.312 e. The fourth-order valence-electron chi connectivity index (χ4n) is 4.69. The Morgan fingerprint density at radius 3 is 2.45 bits per heavy atom. The summed E-state index contributed by atoms with van der Waals surface area (Å²) in [6.07, 6.45) is 5.24. The molecule has 0 unspecified atom stereocenters. The van der Waals surface area contributed by atoms with E-state index in [1.807, 2.05) is 42.5 Å². The van der Waals surface area contributed by atoms with Crippen LogP contribution < -0.4 is 21.3 Å². The zero-order valence-electron chi connectivity index (χ0n) is 18.8. The zero-order chi connectivity index (χ0) is 23.2. The number of carbonyl (C=O) groups excluding carboxylic acids is 3. The number of carbonyl (C=O) groups is 3. The first-order chi connectivity index (χ1) is 16.0. The summed E-state index contributed by atoms with van der Waals surface area (Å²) in [6.45, 7) is 2.69. The Labute approximate surface area is 194 Å². The third-order valence-corrected chi connectivity index (χ3v) is 6.44. The van der Waals surface area contributed by atoms with Crippen molar-refractivity contribution in [3.63, 3.8) is 0 Å². The number of amides is 4. The van der Waals surface area contributed by atoms with Crippen molar-refractivity contribution in [3.05, 3.63) is 54.1 Å². The summed E-state index contributed by atoms with van der Waals surface area (Å²) in [6, 6.07) is 14.2. The SMILES string of the molecule is NC(=O)NCCCCC1CCN(CC(=O)N2c3ccccc3NC(=O)c3ccccc32)CC1. The number of primary amides is 1. The van der Waals surface area contributed by atoms with Gasteiger partial charge in [-0.05, 0) is 62.5 Å². The van der Waals surface area contributed by atoms with Gasteiger partial charge in [-0.2, -0.15) is 0 Å². The number of fused-ring (bicyclic) bond motifs is 2. The number of hydrogen-bond acceptors (Lipinski definition) is 4. The van der Waals surface area contributed by atoms with E-state index in [4.69, 9.17) is 5.73 Å². The van der Waals surface area contributed by atoms with Crippen LogP contribution in [-0.4, -0.2) is 48.9 Å². The van der Waals surface area contributed by atoms with Crippen molar-refractivity contribution >= 4 is 34.9 Å². The van der Waals surface area contributed by atoms with Crippen LogP contribution in [0, 0.1) is 5.92 Å². The Balaban J connectivity index is 1.38. The van der Waals surface area contributed by atoms with Crippen LogP contribution in [0.25, 0.3) is 0 Å². The summed E-state index contributed by atoms with van der Waals surface area (Å²) < 4.78 is 0. The molecule has 1 saturated heterocycles. The van der Waals surface area contributed by atoms with E-state index in [1.54, 1.807) is 11.0 Å². The lowest BCUT2D eigenvalue weighted by Gasteiger charge is -2.33. The maximum absolute atomic E-state index is 13.5. The Kier molecular flexibility index (Phi) is 7.24. The lowest BCUT2D eigenvalue weighted by atomic mass is 9.91. The third kappa shape index (κ3) is 5.51. The number of nitrogens with zero attached hydrogens (tertiary/aromatic N) is 2.